The summed E-state index contributed by atoms with van der Waals surface area (Å²) in [6.45, 7) is 6.70. The van der Waals surface area contributed by atoms with E-state index in [1.165, 1.54) is 6.08 Å². The van der Waals surface area contributed by atoms with Crippen LogP contribution in [0.15, 0.2) is 42.6 Å². The third-order valence-electron chi connectivity index (χ3n) is 3.44. The highest BCUT2D eigenvalue weighted by atomic mass is 16.5. The van der Waals surface area contributed by atoms with Gasteiger partial charge in [0, 0.05) is 12.3 Å². The Bertz CT molecular complexity index is 754. The van der Waals surface area contributed by atoms with E-state index < -0.39 is 0 Å². The van der Waals surface area contributed by atoms with Crippen LogP contribution in [0.5, 0.6) is 11.5 Å². The van der Waals surface area contributed by atoms with E-state index in [9.17, 15) is 4.79 Å². The smallest absolute Gasteiger partial charge is 0.249 e. The van der Waals surface area contributed by atoms with Gasteiger partial charge in [0.05, 0.1) is 13.7 Å². The number of benzene rings is 1. The molecule has 132 valence electrons. The summed E-state index contributed by atoms with van der Waals surface area (Å²) in [5, 5.41) is 2.76. The Morgan fingerprint density at radius 3 is 2.76 bits per heavy atom. The van der Waals surface area contributed by atoms with Crippen LogP contribution in [0, 0.1) is 12.8 Å². The van der Waals surface area contributed by atoms with Crippen LogP contribution in [0.1, 0.15) is 25.0 Å². The number of methoxy groups -OCH3 is 1. The van der Waals surface area contributed by atoms with Crippen molar-refractivity contribution in [1.29, 1.82) is 0 Å². The number of rotatable bonds is 7. The Hall–Kier alpha value is -2.82. The lowest BCUT2D eigenvalue weighted by Gasteiger charge is -2.12. The molecule has 1 N–H and O–H groups in total. The van der Waals surface area contributed by atoms with Gasteiger partial charge in [0.1, 0.15) is 5.82 Å². The second-order valence-corrected chi connectivity index (χ2v) is 6.11. The maximum Gasteiger partial charge on any atom is 0.249 e. The van der Waals surface area contributed by atoms with Crippen molar-refractivity contribution in [3.05, 3.63) is 53.7 Å². The van der Waals surface area contributed by atoms with Crippen LogP contribution in [0.3, 0.4) is 0 Å². The Kier molecular flexibility index (Phi) is 6.57. The molecule has 1 aromatic carbocycles. The summed E-state index contributed by atoms with van der Waals surface area (Å²) in [5.74, 6) is 2.10. The molecule has 1 heterocycles. The highest BCUT2D eigenvalue weighted by Crippen LogP contribution is 2.29. The number of aromatic nitrogens is 1. The molecule has 5 heteroatoms. The van der Waals surface area contributed by atoms with E-state index >= 15 is 0 Å². The molecule has 0 saturated carbocycles. The molecule has 0 fully saturated rings. The number of nitrogens with zero attached hydrogens (tertiary/aromatic N) is 1. The van der Waals surface area contributed by atoms with Crippen molar-refractivity contribution in [3.63, 3.8) is 0 Å². The van der Waals surface area contributed by atoms with Gasteiger partial charge in [-0.05, 0) is 48.2 Å². The lowest BCUT2D eigenvalue weighted by molar-refractivity contribution is -0.111. The van der Waals surface area contributed by atoms with Crippen molar-refractivity contribution in [1.82, 2.24) is 4.98 Å². The number of nitrogens with one attached hydrogen (secondary N) is 1. The van der Waals surface area contributed by atoms with Crippen LogP contribution >= 0.6 is 0 Å². The number of pyridine rings is 1. The molecule has 0 radical (unpaired) electrons. The number of hydrogen-bond donors (Lipinski definition) is 1. The fourth-order valence-corrected chi connectivity index (χ4v) is 2.11. The van der Waals surface area contributed by atoms with Crippen LogP contribution in [-0.2, 0) is 4.79 Å². The van der Waals surface area contributed by atoms with Crippen LogP contribution in [0.4, 0.5) is 5.82 Å². The summed E-state index contributed by atoms with van der Waals surface area (Å²) < 4.78 is 11.1. The maximum absolute atomic E-state index is 12.0. The van der Waals surface area contributed by atoms with Gasteiger partial charge in [0.25, 0.3) is 0 Å². The van der Waals surface area contributed by atoms with Gasteiger partial charge in [0.2, 0.25) is 5.91 Å². The molecule has 0 aliphatic heterocycles. The normalized spacial score (nSPS) is 10.9. The molecule has 25 heavy (non-hydrogen) atoms. The molecule has 0 saturated heterocycles. The SMILES string of the molecule is COc1cc(/C=C/C(=O)Nc2ncccc2C)ccc1OCC(C)C. The van der Waals surface area contributed by atoms with Crippen molar-refractivity contribution in [3.8, 4) is 11.5 Å². The molecule has 0 aliphatic rings. The topological polar surface area (TPSA) is 60.5 Å². The Morgan fingerprint density at radius 1 is 1.28 bits per heavy atom. The lowest BCUT2D eigenvalue weighted by atomic mass is 10.2. The Morgan fingerprint density at radius 2 is 2.08 bits per heavy atom. The van der Waals surface area contributed by atoms with E-state index in [0.717, 1.165) is 11.1 Å². The zero-order valence-corrected chi connectivity index (χ0v) is 15.1. The average molecular weight is 340 g/mol. The van der Waals surface area contributed by atoms with Gasteiger partial charge < -0.3 is 14.8 Å². The number of aryl methyl sites for hydroxylation is 1. The highest BCUT2D eigenvalue weighted by Gasteiger charge is 2.06. The van der Waals surface area contributed by atoms with E-state index in [-0.39, 0.29) is 5.91 Å². The minimum atomic E-state index is -0.235. The van der Waals surface area contributed by atoms with E-state index in [1.54, 1.807) is 19.4 Å². The molecular formula is C20H24N2O3. The first kappa shape index (κ1) is 18.5. The first-order valence-corrected chi connectivity index (χ1v) is 8.21. The maximum atomic E-state index is 12.0. The van der Waals surface area contributed by atoms with Crippen LogP contribution in [-0.4, -0.2) is 24.6 Å². The minimum Gasteiger partial charge on any atom is -0.493 e. The van der Waals surface area contributed by atoms with Gasteiger partial charge in [-0.15, -0.1) is 0 Å². The molecule has 2 rings (SSSR count). The number of carbonyl (C=O) groups is 1. The molecule has 0 aliphatic carbocycles. The van der Waals surface area contributed by atoms with Crippen molar-refractivity contribution in [2.75, 3.05) is 19.0 Å². The van der Waals surface area contributed by atoms with Gasteiger partial charge >= 0.3 is 0 Å². The molecule has 1 aromatic heterocycles. The second kappa shape index (κ2) is 8.87. The molecule has 5 nitrogen and oxygen atoms in total. The summed E-state index contributed by atoms with van der Waals surface area (Å²) in [6.07, 6.45) is 4.84. The highest BCUT2D eigenvalue weighted by molar-refractivity contribution is 6.01. The van der Waals surface area contributed by atoms with E-state index in [4.69, 9.17) is 9.47 Å². The molecule has 0 spiro atoms. The molecule has 0 bridgehead atoms. The van der Waals surface area contributed by atoms with Crippen LogP contribution < -0.4 is 14.8 Å². The molecular weight excluding hydrogens is 316 g/mol. The lowest BCUT2D eigenvalue weighted by Crippen LogP contribution is -2.10. The van der Waals surface area contributed by atoms with Crippen molar-refractivity contribution in [2.24, 2.45) is 5.92 Å². The molecule has 0 unspecified atom stereocenters. The van der Waals surface area contributed by atoms with Crippen molar-refractivity contribution >= 4 is 17.8 Å². The van der Waals surface area contributed by atoms with E-state index in [1.807, 2.05) is 37.3 Å². The quantitative estimate of drug-likeness (QED) is 0.771. The number of hydrogen-bond acceptors (Lipinski definition) is 4. The summed E-state index contributed by atoms with van der Waals surface area (Å²) in [5.41, 5.74) is 1.76. The minimum absolute atomic E-state index is 0.235. The summed E-state index contributed by atoms with van der Waals surface area (Å²) >= 11 is 0. The fraction of sp³-hybridized carbons (Fsp3) is 0.300. The average Bonchev–Trinajstić information content (AvgIpc) is 2.60. The fourth-order valence-electron chi connectivity index (χ4n) is 2.11. The third kappa shape index (κ3) is 5.64. The van der Waals surface area contributed by atoms with Crippen molar-refractivity contribution < 1.29 is 14.3 Å². The predicted molar refractivity (Wildman–Crippen MR) is 100.0 cm³/mol. The van der Waals surface area contributed by atoms with Gasteiger partial charge in [-0.1, -0.05) is 26.0 Å². The third-order valence-corrected chi connectivity index (χ3v) is 3.44. The Labute approximate surface area is 148 Å². The van der Waals surface area contributed by atoms with Gasteiger partial charge in [-0.2, -0.15) is 0 Å². The van der Waals surface area contributed by atoms with E-state index in [0.29, 0.717) is 29.8 Å². The largest absolute Gasteiger partial charge is 0.493 e. The standard InChI is InChI=1S/C20H24N2O3/c1-14(2)13-25-17-9-7-16(12-18(17)24-4)8-10-19(23)22-20-15(3)6-5-11-21-20/h5-12,14H,13H2,1-4H3,(H,21,22,23)/b10-8+. The number of amides is 1. The first-order valence-electron chi connectivity index (χ1n) is 8.21. The second-order valence-electron chi connectivity index (χ2n) is 6.11. The van der Waals surface area contributed by atoms with E-state index in [2.05, 4.69) is 24.1 Å². The molecule has 1 amide bonds. The van der Waals surface area contributed by atoms with Gasteiger partial charge in [-0.25, -0.2) is 4.98 Å². The summed E-state index contributed by atoms with van der Waals surface area (Å²) in [6, 6.07) is 9.30. The monoisotopic (exact) mass is 340 g/mol. The predicted octanol–water partition coefficient (Wildman–Crippen LogP) is 4.09. The Balaban J connectivity index is 2.05. The zero-order valence-electron chi connectivity index (χ0n) is 15.1. The van der Waals surface area contributed by atoms with Gasteiger partial charge in [-0.3, -0.25) is 4.79 Å². The summed E-state index contributed by atoms with van der Waals surface area (Å²) in [4.78, 5) is 16.2. The number of carbonyl (C=O) groups excluding carboxylic acids is 1. The van der Waals surface area contributed by atoms with Crippen LogP contribution in [0.25, 0.3) is 6.08 Å². The van der Waals surface area contributed by atoms with Crippen molar-refractivity contribution in [2.45, 2.75) is 20.8 Å². The zero-order chi connectivity index (χ0) is 18.2. The summed E-state index contributed by atoms with van der Waals surface area (Å²) in [7, 11) is 1.60. The number of ether oxygens (including phenoxy) is 2. The van der Waals surface area contributed by atoms with Crippen LogP contribution in [0.2, 0.25) is 0 Å². The number of anilines is 1. The molecule has 2 aromatic rings. The van der Waals surface area contributed by atoms with Gasteiger partial charge in [0.15, 0.2) is 11.5 Å². The first-order chi connectivity index (χ1) is 12.0. The molecule has 0 atom stereocenters.